The van der Waals surface area contributed by atoms with Crippen molar-refractivity contribution in [2.45, 2.75) is 25.9 Å². The molecular weight excluding hydrogens is 458 g/mol. The SMILES string of the molecule is C=CCOc1cccc(C2C(C(=O)c3ccc(OCC)cc3)C(=O)C(=O)N2CCCn2ccnc2)c1. The molecule has 186 valence electrons. The first kappa shape index (κ1) is 24.9. The van der Waals surface area contributed by atoms with E-state index in [1.165, 1.54) is 4.90 Å². The van der Waals surface area contributed by atoms with Crippen molar-refractivity contribution >= 4 is 17.5 Å². The highest BCUT2D eigenvalue weighted by Crippen LogP contribution is 2.39. The molecule has 36 heavy (non-hydrogen) atoms. The first-order valence-corrected chi connectivity index (χ1v) is 11.9. The second-order valence-corrected chi connectivity index (χ2v) is 8.43. The Hall–Kier alpha value is -4.20. The standard InChI is InChI=1S/C28H29N3O5/c1-3-17-36-23-8-5-7-21(18-23)25-24(26(32)20-9-11-22(12-10-20)35-4-2)27(33)28(34)31(25)15-6-14-30-16-13-29-19-30/h3,5,7-13,16,18-19,24-25H,1,4,6,14-15,17H2,2H3. The molecule has 2 atom stereocenters. The first-order chi connectivity index (χ1) is 17.5. The minimum Gasteiger partial charge on any atom is -0.494 e. The molecule has 2 unspecified atom stereocenters. The molecule has 0 bridgehead atoms. The van der Waals surface area contributed by atoms with Crippen LogP contribution in [0.2, 0.25) is 0 Å². The van der Waals surface area contributed by atoms with E-state index in [-0.39, 0.29) is 0 Å². The summed E-state index contributed by atoms with van der Waals surface area (Å²) in [5, 5.41) is 0. The number of amides is 1. The van der Waals surface area contributed by atoms with Crippen molar-refractivity contribution in [3.05, 3.63) is 91.0 Å². The number of benzene rings is 2. The number of hydrogen-bond acceptors (Lipinski definition) is 6. The van der Waals surface area contributed by atoms with Gasteiger partial charge in [-0.05, 0) is 55.3 Å². The zero-order valence-electron chi connectivity index (χ0n) is 20.2. The predicted octanol–water partition coefficient (Wildman–Crippen LogP) is 3.89. The Morgan fingerprint density at radius 3 is 2.58 bits per heavy atom. The number of nitrogens with zero attached hydrogens (tertiary/aromatic N) is 3. The fourth-order valence-electron chi connectivity index (χ4n) is 4.45. The maximum absolute atomic E-state index is 13.6. The van der Waals surface area contributed by atoms with Gasteiger partial charge in [-0.3, -0.25) is 14.4 Å². The molecule has 0 aliphatic carbocycles. The normalized spacial score (nSPS) is 17.3. The van der Waals surface area contributed by atoms with Crippen LogP contribution in [0.25, 0.3) is 0 Å². The zero-order valence-corrected chi connectivity index (χ0v) is 20.2. The second kappa shape index (κ2) is 11.5. The van der Waals surface area contributed by atoms with E-state index in [1.807, 2.05) is 23.8 Å². The summed E-state index contributed by atoms with van der Waals surface area (Å²) in [6.07, 6.45) is 7.46. The van der Waals surface area contributed by atoms with Crippen molar-refractivity contribution in [3.63, 3.8) is 0 Å². The van der Waals surface area contributed by atoms with Gasteiger partial charge in [-0.1, -0.05) is 24.8 Å². The largest absolute Gasteiger partial charge is 0.494 e. The van der Waals surface area contributed by atoms with E-state index < -0.39 is 29.4 Å². The fraction of sp³-hybridized carbons (Fsp3) is 0.286. The van der Waals surface area contributed by atoms with Crippen molar-refractivity contribution in [2.75, 3.05) is 19.8 Å². The number of likely N-dealkylation sites (tertiary alicyclic amines) is 1. The number of Topliss-reactive ketones (excluding diaryl/α,β-unsaturated/α-hetero) is 2. The fourth-order valence-corrected chi connectivity index (χ4v) is 4.45. The van der Waals surface area contributed by atoms with Crippen LogP contribution in [0.5, 0.6) is 11.5 Å². The Morgan fingerprint density at radius 2 is 1.89 bits per heavy atom. The van der Waals surface area contributed by atoms with E-state index in [4.69, 9.17) is 9.47 Å². The number of aryl methyl sites for hydroxylation is 1. The number of carbonyl (C=O) groups is 3. The molecular formula is C28H29N3O5. The molecule has 1 aliphatic rings. The van der Waals surface area contributed by atoms with E-state index in [2.05, 4.69) is 11.6 Å². The minimum absolute atomic E-state index is 0.315. The molecule has 0 spiro atoms. The Bertz CT molecular complexity index is 1220. The maximum Gasteiger partial charge on any atom is 0.291 e. The van der Waals surface area contributed by atoms with Gasteiger partial charge in [0.2, 0.25) is 5.78 Å². The summed E-state index contributed by atoms with van der Waals surface area (Å²) in [6.45, 7) is 7.31. The number of ether oxygens (including phenoxy) is 2. The van der Waals surface area contributed by atoms with E-state index in [1.54, 1.807) is 61.1 Å². The van der Waals surface area contributed by atoms with Crippen LogP contribution in [0, 0.1) is 5.92 Å². The molecule has 1 amide bonds. The summed E-state index contributed by atoms with van der Waals surface area (Å²) < 4.78 is 13.0. The third-order valence-corrected chi connectivity index (χ3v) is 6.08. The number of ketones is 2. The highest BCUT2D eigenvalue weighted by Gasteiger charge is 2.51. The number of hydrogen-bond donors (Lipinski definition) is 0. The Balaban J connectivity index is 1.65. The average Bonchev–Trinajstić information content (AvgIpc) is 3.50. The van der Waals surface area contributed by atoms with Gasteiger partial charge in [-0.15, -0.1) is 0 Å². The molecule has 8 heteroatoms. The summed E-state index contributed by atoms with van der Waals surface area (Å²) in [5.41, 5.74) is 1.02. The average molecular weight is 488 g/mol. The van der Waals surface area contributed by atoms with Crippen molar-refractivity contribution in [1.29, 1.82) is 0 Å². The van der Waals surface area contributed by atoms with Gasteiger partial charge in [0.15, 0.2) is 5.78 Å². The lowest BCUT2D eigenvalue weighted by molar-refractivity contribution is -0.140. The van der Waals surface area contributed by atoms with Crippen molar-refractivity contribution in [3.8, 4) is 11.5 Å². The van der Waals surface area contributed by atoms with Crippen LogP contribution < -0.4 is 9.47 Å². The van der Waals surface area contributed by atoms with Crippen LogP contribution in [0.1, 0.15) is 35.3 Å². The molecule has 4 rings (SSSR count). The molecule has 1 fully saturated rings. The Morgan fingerprint density at radius 1 is 1.08 bits per heavy atom. The lowest BCUT2D eigenvalue weighted by atomic mass is 9.86. The second-order valence-electron chi connectivity index (χ2n) is 8.43. The minimum atomic E-state index is -1.15. The summed E-state index contributed by atoms with van der Waals surface area (Å²) in [6, 6.07) is 13.1. The summed E-state index contributed by atoms with van der Waals surface area (Å²) in [5.74, 6) is -1.68. The zero-order chi connectivity index (χ0) is 25.5. The highest BCUT2D eigenvalue weighted by molar-refractivity contribution is 6.44. The third kappa shape index (κ3) is 5.38. The van der Waals surface area contributed by atoms with Crippen LogP contribution in [0.4, 0.5) is 0 Å². The van der Waals surface area contributed by atoms with Gasteiger partial charge >= 0.3 is 0 Å². The van der Waals surface area contributed by atoms with Gasteiger partial charge in [-0.2, -0.15) is 0 Å². The highest BCUT2D eigenvalue weighted by atomic mass is 16.5. The van der Waals surface area contributed by atoms with Crippen LogP contribution >= 0.6 is 0 Å². The van der Waals surface area contributed by atoms with E-state index in [0.717, 1.165) is 0 Å². The van der Waals surface area contributed by atoms with Crippen molar-refractivity contribution in [2.24, 2.45) is 5.92 Å². The van der Waals surface area contributed by atoms with Crippen LogP contribution in [0.3, 0.4) is 0 Å². The van der Waals surface area contributed by atoms with Crippen LogP contribution in [0.15, 0.2) is 79.9 Å². The third-order valence-electron chi connectivity index (χ3n) is 6.08. The quantitative estimate of drug-likeness (QED) is 0.167. The monoisotopic (exact) mass is 487 g/mol. The van der Waals surface area contributed by atoms with Crippen molar-refractivity contribution < 1.29 is 23.9 Å². The topological polar surface area (TPSA) is 90.7 Å². The molecule has 2 aromatic carbocycles. The predicted molar refractivity (Wildman–Crippen MR) is 134 cm³/mol. The molecule has 8 nitrogen and oxygen atoms in total. The summed E-state index contributed by atoms with van der Waals surface area (Å²) >= 11 is 0. The van der Waals surface area contributed by atoms with Gasteiger partial charge < -0.3 is 18.9 Å². The van der Waals surface area contributed by atoms with E-state index >= 15 is 0 Å². The molecule has 1 saturated heterocycles. The van der Waals surface area contributed by atoms with Gasteiger partial charge in [0.05, 0.1) is 19.0 Å². The number of aromatic nitrogens is 2. The van der Waals surface area contributed by atoms with Gasteiger partial charge in [0.1, 0.15) is 24.0 Å². The van der Waals surface area contributed by atoms with Gasteiger partial charge in [0.25, 0.3) is 5.91 Å². The smallest absolute Gasteiger partial charge is 0.291 e. The summed E-state index contributed by atoms with van der Waals surface area (Å²) in [4.78, 5) is 45.6. The number of imidazole rings is 1. The number of carbonyl (C=O) groups excluding carboxylic acids is 3. The van der Waals surface area contributed by atoms with E-state index in [0.29, 0.717) is 55.4 Å². The van der Waals surface area contributed by atoms with Gasteiger partial charge in [-0.25, -0.2) is 4.98 Å². The summed E-state index contributed by atoms with van der Waals surface area (Å²) in [7, 11) is 0. The maximum atomic E-state index is 13.6. The van der Waals surface area contributed by atoms with Crippen molar-refractivity contribution in [1.82, 2.24) is 14.5 Å². The lowest BCUT2D eigenvalue weighted by Gasteiger charge is -2.27. The molecule has 1 aliphatic heterocycles. The molecule has 1 aromatic heterocycles. The van der Waals surface area contributed by atoms with Crippen LogP contribution in [-0.4, -0.2) is 51.7 Å². The number of rotatable bonds is 12. The molecule has 3 aromatic rings. The first-order valence-electron chi connectivity index (χ1n) is 11.9. The van der Waals surface area contributed by atoms with Crippen LogP contribution in [-0.2, 0) is 16.1 Å². The van der Waals surface area contributed by atoms with Gasteiger partial charge in [0, 0.05) is 31.0 Å². The molecule has 0 radical (unpaired) electrons. The Labute approximate surface area is 210 Å². The molecule has 0 N–H and O–H groups in total. The molecule has 0 saturated carbocycles. The van der Waals surface area contributed by atoms with E-state index in [9.17, 15) is 14.4 Å². The Kier molecular flexibility index (Phi) is 7.95. The lowest BCUT2D eigenvalue weighted by Crippen LogP contribution is -2.32. The molecule has 2 heterocycles.